The highest BCUT2D eigenvalue weighted by Gasteiger charge is 2.18. The van der Waals surface area contributed by atoms with Crippen molar-refractivity contribution < 1.29 is 9.90 Å². The molecule has 1 N–H and O–H groups in total. The number of nitrogens with zero attached hydrogens (tertiary/aromatic N) is 1. The summed E-state index contributed by atoms with van der Waals surface area (Å²) < 4.78 is 0. The van der Waals surface area contributed by atoms with E-state index in [1.807, 2.05) is 12.1 Å². The van der Waals surface area contributed by atoms with Gasteiger partial charge in [0.15, 0.2) is 0 Å². The summed E-state index contributed by atoms with van der Waals surface area (Å²) in [7, 11) is 0. The van der Waals surface area contributed by atoms with E-state index in [1.54, 1.807) is 12.1 Å². The summed E-state index contributed by atoms with van der Waals surface area (Å²) in [6.07, 6.45) is 0. The van der Waals surface area contributed by atoms with Crippen LogP contribution in [0.3, 0.4) is 0 Å². The molecule has 0 aliphatic heterocycles. The fraction of sp³-hybridized carbons (Fsp3) is 0.121. The standard InChI is InChI=1S/C33H29NO2/c1-33(2,3)27-17-21-29(22-18-27)34(31-10-6-8-25-7-4-5-9-30(25)31)28-19-15-24(16-20-28)23-11-13-26(14-12-23)32(35)36/h4-22H,1-3H3,(H,35,36). The first-order valence-corrected chi connectivity index (χ1v) is 12.1. The minimum absolute atomic E-state index is 0.0840. The Morgan fingerprint density at radius 1 is 0.639 bits per heavy atom. The SMILES string of the molecule is CC(C)(C)c1ccc(N(c2ccc(-c3ccc(C(=O)O)cc3)cc2)c2cccc3ccccc23)cc1. The van der Waals surface area contributed by atoms with E-state index in [1.165, 1.54) is 16.3 Å². The summed E-state index contributed by atoms with van der Waals surface area (Å²) in [6, 6.07) is 39.1. The van der Waals surface area contributed by atoms with Crippen LogP contribution in [-0.4, -0.2) is 11.1 Å². The van der Waals surface area contributed by atoms with Crippen LogP contribution >= 0.6 is 0 Å². The second-order valence-electron chi connectivity index (χ2n) is 10.1. The van der Waals surface area contributed by atoms with Gasteiger partial charge in [0.2, 0.25) is 0 Å². The monoisotopic (exact) mass is 471 g/mol. The van der Waals surface area contributed by atoms with E-state index >= 15 is 0 Å². The van der Waals surface area contributed by atoms with Crippen molar-refractivity contribution in [3.63, 3.8) is 0 Å². The molecule has 0 fully saturated rings. The molecule has 0 unspecified atom stereocenters. The minimum atomic E-state index is -0.917. The molecule has 5 aromatic carbocycles. The van der Waals surface area contributed by atoms with Crippen LogP contribution < -0.4 is 4.90 Å². The lowest BCUT2D eigenvalue weighted by molar-refractivity contribution is 0.0697. The van der Waals surface area contributed by atoms with Gasteiger partial charge in [-0.05, 0) is 70.0 Å². The summed E-state index contributed by atoms with van der Waals surface area (Å²) in [4.78, 5) is 13.5. The smallest absolute Gasteiger partial charge is 0.335 e. The second-order valence-corrected chi connectivity index (χ2v) is 10.1. The van der Waals surface area contributed by atoms with Gasteiger partial charge < -0.3 is 10.0 Å². The van der Waals surface area contributed by atoms with Crippen LogP contribution in [-0.2, 0) is 5.41 Å². The van der Waals surface area contributed by atoms with Crippen LogP contribution in [0.1, 0.15) is 36.7 Å². The van der Waals surface area contributed by atoms with Crippen LogP contribution in [0.2, 0.25) is 0 Å². The Morgan fingerprint density at radius 2 is 1.17 bits per heavy atom. The summed E-state index contributed by atoms with van der Waals surface area (Å²) in [5, 5.41) is 11.6. The van der Waals surface area contributed by atoms with Gasteiger partial charge in [0.1, 0.15) is 0 Å². The molecule has 5 aromatic rings. The van der Waals surface area contributed by atoms with E-state index in [4.69, 9.17) is 0 Å². The zero-order chi connectivity index (χ0) is 25.3. The highest BCUT2D eigenvalue weighted by Crippen LogP contribution is 2.40. The molecule has 3 nitrogen and oxygen atoms in total. The van der Waals surface area contributed by atoms with E-state index in [-0.39, 0.29) is 11.0 Å². The van der Waals surface area contributed by atoms with E-state index < -0.39 is 5.97 Å². The number of hydrogen-bond acceptors (Lipinski definition) is 2. The lowest BCUT2D eigenvalue weighted by Crippen LogP contribution is -2.13. The van der Waals surface area contributed by atoms with Gasteiger partial charge in [0.25, 0.3) is 0 Å². The Hall–Kier alpha value is -4.37. The van der Waals surface area contributed by atoms with Gasteiger partial charge in [-0.2, -0.15) is 0 Å². The maximum Gasteiger partial charge on any atom is 0.335 e. The molecule has 36 heavy (non-hydrogen) atoms. The molecular formula is C33H29NO2. The normalized spacial score (nSPS) is 11.4. The summed E-state index contributed by atoms with van der Waals surface area (Å²) in [5.41, 5.74) is 6.96. The first kappa shape index (κ1) is 23.4. The molecular weight excluding hydrogens is 442 g/mol. The molecule has 0 amide bonds. The molecule has 5 rings (SSSR count). The molecule has 0 aliphatic rings. The predicted molar refractivity (Wildman–Crippen MR) is 150 cm³/mol. The third-order valence-electron chi connectivity index (χ3n) is 6.59. The van der Waals surface area contributed by atoms with Gasteiger partial charge >= 0.3 is 5.97 Å². The Morgan fingerprint density at radius 3 is 1.75 bits per heavy atom. The summed E-state index contributed by atoms with van der Waals surface area (Å²) >= 11 is 0. The third kappa shape index (κ3) is 4.60. The van der Waals surface area contributed by atoms with Crippen molar-refractivity contribution in [2.75, 3.05) is 4.90 Å². The Labute approximate surface area is 212 Å². The average molecular weight is 472 g/mol. The fourth-order valence-corrected chi connectivity index (χ4v) is 4.55. The van der Waals surface area contributed by atoms with Crippen LogP contribution in [0.15, 0.2) is 115 Å². The molecule has 0 spiro atoms. The number of carbonyl (C=O) groups is 1. The average Bonchev–Trinajstić information content (AvgIpc) is 2.89. The lowest BCUT2D eigenvalue weighted by atomic mass is 9.87. The van der Waals surface area contributed by atoms with Crippen molar-refractivity contribution in [1.82, 2.24) is 0 Å². The van der Waals surface area contributed by atoms with Gasteiger partial charge in [0, 0.05) is 16.8 Å². The van der Waals surface area contributed by atoms with Gasteiger partial charge in [0.05, 0.1) is 11.3 Å². The minimum Gasteiger partial charge on any atom is -0.478 e. The summed E-state index contributed by atoms with van der Waals surface area (Å²) in [5.74, 6) is -0.917. The highest BCUT2D eigenvalue weighted by molar-refractivity contribution is 5.99. The van der Waals surface area contributed by atoms with Gasteiger partial charge in [-0.3, -0.25) is 0 Å². The highest BCUT2D eigenvalue weighted by atomic mass is 16.4. The van der Waals surface area contributed by atoms with Crippen LogP contribution in [0.25, 0.3) is 21.9 Å². The van der Waals surface area contributed by atoms with Crippen LogP contribution in [0.4, 0.5) is 17.1 Å². The third-order valence-corrected chi connectivity index (χ3v) is 6.59. The van der Waals surface area contributed by atoms with Crippen molar-refractivity contribution in [1.29, 1.82) is 0 Å². The first-order chi connectivity index (χ1) is 17.3. The predicted octanol–water partition coefficient (Wildman–Crippen LogP) is 8.97. The van der Waals surface area contributed by atoms with Gasteiger partial charge in [-0.1, -0.05) is 93.6 Å². The molecule has 0 bridgehead atoms. The van der Waals surface area contributed by atoms with Crippen molar-refractivity contribution in [2.45, 2.75) is 26.2 Å². The zero-order valence-corrected chi connectivity index (χ0v) is 20.8. The fourth-order valence-electron chi connectivity index (χ4n) is 4.55. The molecule has 3 heteroatoms. The first-order valence-electron chi connectivity index (χ1n) is 12.1. The molecule has 0 aliphatic carbocycles. The molecule has 0 atom stereocenters. The zero-order valence-electron chi connectivity index (χ0n) is 20.8. The number of anilines is 3. The van der Waals surface area contributed by atoms with Crippen LogP contribution in [0.5, 0.6) is 0 Å². The van der Waals surface area contributed by atoms with Crippen molar-refractivity contribution in [2.24, 2.45) is 0 Å². The molecule has 0 saturated heterocycles. The number of rotatable bonds is 5. The van der Waals surface area contributed by atoms with E-state index in [9.17, 15) is 9.90 Å². The summed E-state index contributed by atoms with van der Waals surface area (Å²) in [6.45, 7) is 6.69. The second kappa shape index (κ2) is 9.35. The quantitative estimate of drug-likeness (QED) is 0.278. The Bertz CT molecular complexity index is 1500. The molecule has 178 valence electrons. The van der Waals surface area contributed by atoms with Crippen molar-refractivity contribution in [3.8, 4) is 11.1 Å². The number of benzene rings is 5. The maximum absolute atomic E-state index is 11.2. The molecule has 0 aromatic heterocycles. The molecule has 0 saturated carbocycles. The van der Waals surface area contributed by atoms with Crippen LogP contribution in [0, 0.1) is 0 Å². The van der Waals surface area contributed by atoms with Gasteiger partial charge in [-0.25, -0.2) is 4.79 Å². The largest absolute Gasteiger partial charge is 0.478 e. The maximum atomic E-state index is 11.2. The molecule has 0 radical (unpaired) electrons. The Balaban J connectivity index is 1.60. The lowest BCUT2D eigenvalue weighted by Gasteiger charge is -2.28. The van der Waals surface area contributed by atoms with E-state index in [0.29, 0.717) is 0 Å². The van der Waals surface area contributed by atoms with Crippen molar-refractivity contribution in [3.05, 3.63) is 126 Å². The topological polar surface area (TPSA) is 40.5 Å². The number of carboxylic acid groups (broad SMARTS) is 1. The van der Waals surface area contributed by atoms with E-state index in [2.05, 4.69) is 117 Å². The number of carboxylic acids is 1. The number of hydrogen-bond donors (Lipinski definition) is 1. The number of aromatic carboxylic acids is 1. The van der Waals surface area contributed by atoms with Gasteiger partial charge in [-0.15, -0.1) is 0 Å². The molecule has 0 heterocycles. The number of fused-ring (bicyclic) bond motifs is 1. The van der Waals surface area contributed by atoms with E-state index in [0.717, 1.165) is 28.2 Å². The van der Waals surface area contributed by atoms with Crippen molar-refractivity contribution >= 4 is 33.8 Å². The Kier molecular flexibility index (Phi) is 6.07.